The molecule has 11 heavy (non-hydrogen) atoms. The summed E-state index contributed by atoms with van der Waals surface area (Å²) in [4.78, 5) is 0. The molecule has 0 heteroatoms. The summed E-state index contributed by atoms with van der Waals surface area (Å²) in [5.41, 5.74) is 0. The van der Waals surface area contributed by atoms with Gasteiger partial charge in [0.25, 0.3) is 0 Å². The maximum atomic E-state index is 1.60. The Morgan fingerprint density at radius 1 is 0.545 bits per heavy atom. The van der Waals surface area contributed by atoms with E-state index in [0.29, 0.717) is 0 Å². The summed E-state index contributed by atoms with van der Waals surface area (Å²) in [6.07, 6.45) is 11.0. The molecule has 0 N–H and O–H groups in total. The molecule has 0 aliphatic heterocycles. The molecular formula is C11H18. The van der Waals surface area contributed by atoms with Gasteiger partial charge in [-0.3, -0.25) is 0 Å². The minimum absolute atomic E-state index is 1.19. The average Bonchev–Trinajstić information content (AvgIpc) is 2.03. The third-order valence-electron chi connectivity index (χ3n) is 4.65. The molecule has 0 aromatic heterocycles. The quantitative estimate of drug-likeness (QED) is 0.538. The summed E-state index contributed by atoms with van der Waals surface area (Å²) >= 11 is 0. The number of rotatable bonds is 1. The van der Waals surface area contributed by atoms with Crippen LogP contribution in [-0.4, -0.2) is 0 Å². The molecule has 0 aromatic carbocycles. The Morgan fingerprint density at radius 2 is 1.09 bits per heavy atom. The van der Waals surface area contributed by atoms with Crippen molar-refractivity contribution >= 4 is 0 Å². The lowest BCUT2D eigenvalue weighted by Gasteiger charge is -2.41. The van der Waals surface area contributed by atoms with Gasteiger partial charge in [0.05, 0.1) is 0 Å². The molecule has 0 nitrogen and oxygen atoms in total. The monoisotopic (exact) mass is 150 g/mol. The highest BCUT2D eigenvalue weighted by atomic mass is 14.5. The van der Waals surface area contributed by atoms with Gasteiger partial charge in [0, 0.05) is 0 Å². The van der Waals surface area contributed by atoms with Gasteiger partial charge in [-0.25, -0.2) is 0 Å². The third-order valence-corrected chi connectivity index (χ3v) is 4.65. The van der Waals surface area contributed by atoms with Crippen molar-refractivity contribution in [2.24, 2.45) is 23.7 Å². The van der Waals surface area contributed by atoms with Crippen molar-refractivity contribution in [1.29, 1.82) is 0 Å². The predicted molar refractivity (Wildman–Crippen MR) is 46.3 cm³/mol. The van der Waals surface area contributed by atoms with Crippen LogP contribution in [0.15, 0.2) is 0 Å². The fourth-order valence-corrected chi connectivity index (χ4v) is 3.59. The van der Waals surface area contributed by atoms with Gasteiger partial charge in [-0.15, -0.1) is 0 Å². The second kappa shape index (κ2) is 2.24. The van der Waals surface area contributed by atoms with Gasteiger partial charge >= 0.3 is 0 Å². The van der Waals surface area contributed by atoms with Gasteiger partial charge in [-0.2, -0.15) is 0 Å². The van der Waals surface area contributed by atoms with Crippen molar-refractivity contribution in [2.75, 3.05) is 0 Å². The molecule has 0 bridgehead atoms. The molecule has 2 atom stereocenters. The Bertz CT molecular complexity index is 157. The Balaban J connectivity index is 1.68. The lowest BCUT2D eigenvalue weighted by atomic mass is 9.65. The van der Waals surface area contributed by atoms with E-state index < -0.39 is 0 Å². The largest absolute Gasteiger partial charge is 0.0528 e. The zero-order chi connectivity index (χ0) is 7.26. The molecule has 3 aliphatic rings. The molecule has 3 rings (SSSR count). The molecule has 0 radical (unpaired) electrons. The van der Waals surface area contributed by atoms with Crippen LogP contribution in [0.5, 0.6) is 0 Å². The van der Waals surface area contributed by atoms with Gasteiger partial charge in [-0.05, 0) is 49.4 Å². The maximum absolute atomic E-state index is 1.60. The van der Waals surface area contributed by atoms with Gasteiger partial charge in [0.2, 0.25) is 0 Å². The first-order valence-corrected chi connectivity index (χ1v) is 5.45. The molecular weight excluding hydrogens is 132 g/mol. The predicted octanol–water partition coefficient (Wildman–Crippen LogP) is 3.22. The number of hydrogen-bond acceptors (Lipinski definition) is 0. The van der Waals surface area contributed by atoms with Crippen molar-refractivity contribution in [3.8, 4) is 0 Å². The highest BCUT2D eigenvalue weighted by Gasteiger charge is 2.45. The molecule has 62 valence electrons. The van der Waals surface area contributed by atoms with E-state index in [2.05, 4.69) is 0 Å². The van der Waals surface area contributed by atoms with Crippen LogP contribution in [0.25, 0.3) is 0 Å². The third kappa shape index (κ3) is 0.816. The Kier molecular flexibility index (Phi) is 1.33. The zero-order valence-electron chi connectivity index (χ0n) is 7.26. The van der Waals surface area contributed by atoms with E-state index in [-0.39, 0.29) is 0 Å². The van der Waals surface area contributed by atoms with E-state index in [1.54, 1.807) is 44.9 Å². The van der Waals surface area contributed by atoms with E-state index in [1.165, 1.54) is 23.7 Å². The van der Waals surface area contributed by atoms with E-state index in [9.17, 15) is 0 Å². The zero-order valence-corrected chi connectivity index (χ0v) is 7.26. The maximum Gasteiger partial charge on any atom is -0.0355 e. The van der Waals surface area contributed by atoms with Crippen LogP contribution in [0.1, 0.15) is 44.9 Å². The topological polar surface area (TPSA) is 0 Å². The first-order valence-electron chi connectivity index (χ1n) is 5.45. The number of hydrogen-bond donors (Lipinski definition) is 0. The minimum Gasteiger partial charge on any atom is -0.0528 e. The van der Waals surface area contributed by atoms with Crippen molar-refractivity contribution in [1.82, 2.24) is 0 Å². The van der Waals surface area contributed by atoms with Crippen LogP contribution < -0.4 is 0 Å². The summed E-state index contributed by atoms with van der Waals surface area (Å²) in [6, 6.07) is 0. The molecule has 2 unspecified atom stereocenters. The highest BCUT2D eigenvalue weighted by molar-refractivity contribution is 4.96. The van der Waals surface area contributed by atoms with Crippen LogP contribution in [0.3, 0.4) is 0 Å². The average molecular weight is 150 g/mol. The Morgan fingerprint density at radius 3 is 1.45 bits per heavy atom. The Labute approximate surface area is 69.4 Å². The van der Waals surface area contributed by atoms with Gasteiger partial charge in [0.15, 0.2) is 0 Å². The molecule has 0 aromatic rings. The van der Waals surface area contributed by atoms with E-state index in [0.717, 1.165) is 0 Å². The van der Waals surface area contributed by atoms with Gasteiger partial charge in [-0.1, -0.05) is 19.3 Å². The van der Waals surface area contributed by atoms with Gasteiger partial charge in [0.1, 0.15) is 0 Å². The van der Waals surface area contributed by atoms with Crippen LogP contribution >= 0.6 is 0 Å². The standard InChI is InChI=1S/C11H18/c1-2-8(3-1)10-6-4-9-5-7-11(9)10/h8-11H,1-7H2. The summed E-state index contributed by atoms with van der Waals surface area (Å²) in [5.74, 6) is 4.79. The van der Waals surface area contributed by atoms with Crippen LogP contribution in [0, 0.1) is 23.7 Å². The van der Waals surface area contributed by atoms with E-state index in [4.69, 9.17) is 0 Å². The lowest BCUT2D eigenvalue weighted by molar-refractivity contribution is 0.0932. The van der Waals surface area contributed by atoms with Crippen LogP contribution in [0.2, 0.25) is 0 Å². The first kappa shape index (κ1) is 6.51. The van der Waals surface area contributed by atoms with E-state index >= 15 is 0 Å². The molecule has 0 heterocycles. The Hall–Kier alpha value is 0. The normalized spacial score (nSPS) is 49.6. The fraction of sp³-hybridized carbons (Fsp3) is 1.00. The first-order chi connectivity index (χ1) is 5.45. The summed E-state index contributed by atoms with van der Waals surface area (Å²) in [7, 11) is 0. The minimum atomic E-state index is 1.19. The number of fused-ring (bicyclic) bond motifs is 1. The van der Waals surface area contributed by atoms with Crippen LogP contribution in [0.4, 0.5) is 0 Å². The summed E-state index contributed by atoms with van der Waals surface area (Å²) < 4.78 is 0. The second-order valence-electron chi connectivity index (χ2n) is 4.93. The van der Waals surface area contributed by atoms with E-state index in [1.807, 2.05) is 0 Å². The van der Waals surface area contributed by atoms with Crippen molar-refractivity contribution < 1.29 is 0 Å². The summed E-state index contributed by atoms with van der Waals surface area (Å²) in [6.45, 7) is 0. The lowest BCUT2D eigenvalue weighted by Crippen LogP contribution is -2.31. The molecule has 3 aliphatic carbocycles. The summed E-state index contributed by atoms with van der Waals surface area (Å²) in [5, 5.41) is 0. The molecule has 3 saturated carbocycles. The fourth-order valence-electron chi connectivity index (χ4n) is 3.59. The van der Waals surface area contributed by atoms with Crippen LogP contribution in [-0.2, 0) is 0 Å². The highest BCUT2D eigenvalue weighted by Crippen LogP contribution is 2.56. The van der Waals surface area contributed by atoms with Gasteiger partial charge < -0.3 is 0 Å². The van der Waals surface area contributed by atoms with Crippen molar-refractivity contribution in [3.05, 3.63) is 0 Å². The SMILES string of the molecule is C1CC(C2CCC3CCC32)C1. The molecule has 0 spiro atoms. The van der Waals surface area contributed by atoms with Crippen molar-refractivity contribution in [3.63, 3.8) is 0 Å². The van der Waals surface area contributed by atoms with Crippen molar-refractivity contribution in [2.45, 2.75) is 44.9 Å². The molecule has 3 fully saturated rings. The molecule has 0 amide bonds. The smallest absolute Gasteiger partial charge is 0.0355 e. The molecule has 0 saturated heterocycles. The second-order valence-corrected chi connectivity index (χ2v) is 4.93.